The molecule has 0 bridgehead atoms. The van der Waals surface area contributed by atoms with Gasteiger partial charge in [-0.2, -0.15) is 4.72 Å². The van der Waals surface area contributed by atoms with Gasteiger partial charge in [0.2, 0.25) is 10.0 Å². The summed E-state index contributed by atoms with van der Waals surface area (Å²) in [6, 6.07) is 3.67. The first-order chi connectivity index (χ1) is 9.19. The van der Waals surface area contributed by atoms with Crippen LogP contribution in [0.1, 0.15) is 19.4 Å². The van der Waals surface area contributed by atoms with Crippen LogP contribution in [-0.4, -0.2) is 27.5 Å². The lowest BCUT2D eigenvalue weighted by atomic mass is 10.1. The zero-order valence-corrected chi connectivity index (χ0v) is 12.8. The molecule has 1 aromatic rings. The number of nitrogens with one attached hydrogen (secondary N) is 1. The van der Waals surface area contributed by atoms with Crippen molar-refractivity contribution in [2.24, 2.45) is 5.92 Å². The number of nitrogens with two attached hydrogens (primary N) is 1. The van der Waals surface area contributed by atoms with Gasteiger partial charge in [-0.3, -0.25) is 4.79 Å². The Morgan fingerprint density at radius 3 is 2.45 bits per heavy atom. The van der Waals surface area contributed by atoms with Gasteiger partial charge in [0.1, 0.15) is 6.04 Å². The molecule has 1 unspecified atom stereocenters. The van der Waals surface area contributed by atoms with E-state index in [1.165, 1.54) is 13.2 Å². The van der Waals surface area contributed by atoms with E-state index in [0.717, 1.165) is 0 Å². The largest absolute Gasteiger partial charge is 0.468 e. The number of rotatable bonds is 5. The van der Waals surface area contributed by atoms with E-state index in [2.05, 4.69) is 9.46 Å². The second-order valence-electron chi connectivity index (χ2n) is 4.89. The molecule has 0 aliphatic rings. The topological polar surface area (TPSA) is 98.5 Å². The smallest absolute Gasteiger partial charge is 0.324 e. The number of methoxy groups -OCH3 is 1. The van der Waals surface area contributed by atoms with E-state index >= 15 is 0 Å². The maximum Gasteiger partial charge on any atom is 0.324 e. The molecule has 1 aromatic carbocycles. The molecule has 0 aliphatic carbocycles. The minimum Gasteiger partial charge on any atom is -0.468 e. The van der Waals surface area contributed by atoms with Gasteiger partial charge in [0.25, 0.3) is 0 Å². The molecule has 20 heavy (non-hydrogen) atoms. The molecule has 7 heteroatoms. The number of ether oxygens (including phenoxy) is 1. The van der Waals surface area contributed by atoms with E-state index in [1.807, 2.05) is 0 Å². The lowest BCUT2D eigenvalue weighted by Gasteiger charge is -2.20. The molecule has 1 atom stereocenters. The molecule has 0 fully saturated rings. The van der Waals surface area contributed by atoms with Crippen LogP contribution in [-0.2, 0) is 19.6 Å². The van der Waals surface area contributed by atoms with Crippen LogP contribution >= 0.6 is 0 Å². The van der Waals surface area contributed by atoms with Gasteiger partial charge in [-0.25, -0.2) is 8.42 Å². The first-order valence-corrected chi connectivity index (χ1v) is 7.63. The molecule has 1 rings (SSSR count). The van der Waals surface area contributed by atoms with Crippen molar-refractivity contribution in [2.45, 2.75) is 31.7 Å². The van der Waals surface area contributed by atoms with E-state index in [9.17, 15) is 13.2 Å². The standard InChI is InChI=1S/C13H20N2O4S/c1-8(2)12(13(16)19-4)15-20(17,18)11-7-10(14)6-5-9(11)3/h5-8,12,15H,14H2,1-4H3. The Kier molecular flexibility index (Phi) is 5.13. The van der Waals surface area contributed by atoms with Gasteiger partial charge >= 0.3 is 5.97 Å². The fourth-order valence-corrected chi connectivity index (χ4v) is 3.33. The Morgan fingerprint density at radius 2 is 1.95 bits per heavy atom. The number of nitrogen functional groups attached to an aromatic ring is 1. The molecular weight excluding hydrogens is 280 g/mol. The molecule has 0 saturated carbocycles. The van der Waals surface area contributed by atoms with Crippen molar-refractivity contribution < 1.29 is 17.9 Å². The van der Waals surface area contributed by atoms with Gasteiger partial charge in [0.05, 0.1) is 12.0 Å². The Balaban J connectivity index is 3.16. The Hall–Kier alpha value is -1.60. The molecule has 0 aliphatic heterocycles. The summed E-state index contributed by atoms with van der Waals surface area (Å²) in [5.41, 5.74) is 6.51. The summed E-state index contributed by atoms with van der Waals surface area (Å²) in [4.78, 5) is 11.7. The van der Waals surface area contributed by atoms with Gasteiger partial charge in [0.15, 0.2) is 0 Å². The third-order valence-electron chi connectivity index (χ3n) is 2.91. The first-order valence-electron chi connectivity index (χ1n) is 6.15. The zero-order valence-electron chi connectivity index (χ0n) is 12.0. The van der Waals surface area contributed by atoms with Crippen LogP contribution < -0.4 is 10.5 Å². The van der Waals surface area contributed by atoms with Crippen LogP contribution in [0.4, 0.5) is 5.69 Å². The van der Waals surface area contributed by atoms with Crippen molar-refractivity contribution >= 4 is 21.7 Å². The monoisotopic (exact) mass is 300 g/mol. The molecule has 0 saturated heterocycles. The predicted molar refractivity (Wildman–Crippen MR) is 76.6 cm³/mol. The Morgan fingerprint density at radius 1 is 1.35 bits per heavy atom. The van der Waals surface area contributed by atoms with E-state index in [0.29, 0.717) is 11.3 Å². The first kappa shape index (κ1) is 16.5. The van der Waals surface area contributed by atoms with Crippen molar-refractivity contribution in [3.8, 4) is 0 Å². The van der Waals surface area contributed by atoms with Crippen molar-refractivity contribution in [1.29, 1.82) is 0 Å². The molecule has 0 aromatic heterocycles. The quantitative estimate of drug-likeness (QED) is 0.625. The van der Waals surface area contributed by atoms with Gasteiger partial charge in [-0.15, -0.1) is 0 Å². The van der Waals surface area contributed by atoms with Gasteiger partial charge in [-0.1, -0.05) is 19.9 Å². The van der Waals surface area contributed by atoms with E-state index in [-0.39, 0.29) is 10.8 Å². The number of hydrogen-bond acceptors (Lipinski definition) is 5. The molecule has 0 spiro atoms. The fourth-order valence-electron chi connectivity index (χ4n) is 1.72. The Labute approximate surface area is 119 Å². The molecule has 6 nitrogen and oxygen atoms in total. The van der Waals surface area contributed by atoms with Crippen molar-refractivity contribution in [2.75, 3.05) is 12.8 Å². The molecule has 112 valence electrons. The molecule has 0 radical (unpaired) electrons. The number of carbonyl (C=O) groups is 1. The number of hydrogen-bond donors (Lipinski definition) is 2. The third-order valence-corrected chi connectivity index (χ3v) is 4.49. The maximum absolute atomic E-state index is 12.4. The van der Waals surface area contributed by atoms with Gasteiger partial charge in [0, 0.05) is 5.69 Å². The highest BCUT2D eigenvalue weighted by Gasteiger charge is 2.29. The van der Waals surface area contributed by atoms with Crippen molar-refractivity contribution in [3.05, 3.63) is 23.8 Å². The summed E-state index contributed by atoms with van der Waals surface area (Å²) < 4.78 is 31.7. The van der Waals surface area contributed by atoms with Crippen LogP contribution in [0.3, 0.4) is 0 Å². The van der Waals surface area contributed by atoms with Crippen LogP contribution in [0.2, 0.25) is 0 Å². The zero-order chi connectivity index (χ0) is 15.5. The number of sulfonamides is 1. The highest BCUT2D eigenvalue weighted by molar-refractivity contribution is 7.89. The normalized spacial score (nSPS) is 13.2. The summed E-state index contributed by atoms with van der Waals surface area (Å²) in [5, 5.41) is 0. The summed E-state index contributed by atoms with van der Waals surface area (Å²) in [7, 11) is -2.62. The molecular formula is C13H20N2O4S. The molecule has 0 heterocycles. The second-order valence-corrected chi connectivity index (χ2v) is 6.57. The number of anilines is 1. The fraction of sp³-hybridized carbons (Fsp3) is 0.462. The number of esters is 1. The minimum atomic E-state index is -3.84. The predicted octanol–water partition coefficient (Wildman–Crippen LogP) is 1.05. The lowest BCUT2D eigenvalue weighted by Crippen LogP contribution is -2.45. The van der Waals surface area contributed by atoms with Crippen LogP contribution in [0.5, 0.6) is 0 Å². The number of benzene rings is 1. The minimum absolute atomic E-state index is 0.0621. The van der Waals surface area contributed by atoms with Gasteiger partial charge in [-0.05, 0) is 30.5 Å². The second kappa shape index (κ2) is 6.23. The van der Waals surface area contributed by atoms with Crippen molar-refractivity contribution in [1.82, 2.24) is 4.72 Å². The Bertz CT molecular complexity index is 596. The highest BCUT2D eigenvalue weighted by Crippen LogP contribution is 2.19. The summed E-state index contributed by atoms with van der Waals surface area (Å²) in [6.07, 6.45) is 0. The van der Waals surface area contributed by atoms with E-state index in [1.54, 1.807) is 32.9 Å². The number of aryl methyl sites for hydroxylation is 1. The van der Waals surface area contributed by atoms with Crippen LogP contribution in [0.25, 0.3) is 0 Å². The van der Waals surface area contributed by atoms with E-state index in [4.69, 9.17) is 5.73 Å². The summed E-state index contributed by atoms with van der Waals surface area (Å²) >= 11 is 0. The lowest BCUT2D eigenvalue weighted by molar-refractivity contribution is -0.143. The average molecular weight is 300 g/mol. The van der Waals surface area contributed by atoms with Gasteiger partial charge < -0.3 is 10.5 Å². The summed E-state index contributed by atoms with van der Waals surface area (Å²) in [6.45, 7) is 5.13. The number of carbonyl (C=O) groups excluding carboxylic acids is 1. The summed E-state index contributed by atoms with van der Waals surface area (Å²) in [5.74, 6) is -0.858. The average Bonchev–Trinajstić information content (AvgIpc) is 2.37. The SMILES string of the molecule is COC(=O)C(NS(=O)(=O)c1cc(N)ccc1C)C(C)C. The van der Waals surface area contributed by atoms with Crippen LogP contribution in [0.15, 0.2) is 23.1 Å². The van der Waals surface area contributed by atoms with E-state index < -0.39 is 22.0 Å². The maximum atomic E-state index is 12.4. The van der Waals surface area contributed by atoms with Crippen molar-refractivity contribution in [3.63, 3.8) is 0 Å². The van der Waals surface area contributed by atoms with Crippen LogP contribution in [0, 0.1) is 12.8 Å². The molecule has 0 amide bonds. The third kappa shape index (κ3) is 3.71. The highest BCUT2D eigenvalue weighted by atomic mass is 32.2. The molecule has 3 N–H and O–H groups in total.